The molecule has 4 nitrogen and oxygen atoms in total. The molecule has 1 saturated carbocycles. The molecule has 0 aromatic carbocycles. The highest BCUT2D eigenvalue weighted by Crippen LogP contribution is 2.36. The minimum atomic E-state index is -0.412. The Bertz CT molecular complexity index is 376. The maximum absolute atomic E-state index is 12.6. The zero-order valence-electron chi connectivity index (χ0n) is 15.0. The molecule has 4 heteroatoms. The lowest BCUT2D eigenvalue weighted by Gasteiger charge is -2.42. The van der Waals surface area contributed by atoms with Crippen LogP contribution in [-0.2, 0) is 4.74 Å². The molecule has 2 aliphatic rings. The first-order valence-electron chi connectivity index (χ1n) is 9.03. The van der Waals surface area contributed by atoms with Gasteiger partial charge in [-0.05, 0) is 58.8 Å². The van der Waals surface area contributed by atoms with Crippen LogP contribution in [0.1, 0.15) is 73.1 Å². The molecule has 1 aliphatic heterocycles. The molecule has 1 aliphatic carbocycles. The number of ether oxygens (including phenoxy) is 1. The van der Waals surface area contributed by atoms with Crippen molar-refractivity contribution >= 4 is 6.09 Å². The summed E-state index contributed by atoms with van der Waals surface area (Å²) < 4.78 is 5.65. The highest BCUT2D eigenvalue weighted by atomic mass is 16.6. The minimum Gasteiger partial charge on any atom is -0.444 e. The molecule has 1 heterocycles. The summed E-state index contributed by atoms with van der Waals surface area (Å²) in [5.41, 5.74) is -0.412. The van der Waals surface area contributed by atoms with Crippen LogP contribution in [0.15, 0.2) is 0 Å². The fourth-order valence-electron chi connectivity index (χ4n) is 4.03. The summed E-state index contributed by atoms with van der Waals surface area (Å²) in [5.74, 6) is 0.579. The molecule has 128 valence electrons. The molecule has 2 rings (SSSR count). The van der Waals surface area contributed by atoms with Crippen LogP contribution in [0.5, 0.6) is 0 Å². The van der Waals surface area contributed by atoms with E-state index in [9.17, 15) is 4.79 Å². The Morgan fingerprint density at radius 1 is 1.14 bits per heavy atom. The maximum Gasteiger partial charge on any atom is 0.410 e. The van der Waals surface area contributed by atoms with Crippen LogP contribution < -0.4 is 5.32 Å². The monoisotopic (exact) mass is 310 g/mol. The number of carbonyl (C=O) groups excluding carboxylic acids is 1. The normalized spacial score (nSPS) is 29.9. The number of hydrogen-bond donors (Lipinski definition) is 1. The standard InChI is InChI=1S/C18H34N2O2/c1-13(2)19-15-10-8-9-14(15)16-11-6-7-12-20(16)17(21)22-18(3,4)5/h13-16,19H,6-12H2,1-5H3. The highest BCUT2D eigenvalue weighted by molar-refractivity contribution is 5.68. The van der Waals surface area contributed by atoms with E-state index in [1.807, 2.05) is 25.7 Å². The fraction of sp³-hybridized carbons (Fsp3) is 0.944. The van der Waals surface area contributed by atoms with Gasteiger partial charge in [0, 0.05) is 24.7 Å². The molecule has 3 unspecified atom stereocenters. The van der Waals surface area contributed by atoms with Crippen molar-refractivity contribution in [3.8, 4) is 0 Å². The Balaban J connectivity index is 2.07. The summed E-state index contributed by atoms with van der Waals surface area (Å²) in [6.07, 6.45) is 7.08. The molecule has 0 radical (unpaired) electrons. The third-order valence-corrected chi connectivity index (χ3v) is 4.79. The zero-order chi connectivity index (χ0) is 16.3. The topological polar surface area (TPSA) is 41.6 Å². The highest BCUT2D eigenvalue weighted by Gasteiger charge is 2.40. The van der Waals surface area contributed by atoms with Gasteiger partial charge in [-0.25, -0.2) is 4.79 Å². The lowest BCUT2D eigenvalue weighted by molar-refractivity contribution is -0.000258. The third kappa shape index (κ3) is 4.61. The number of amides is 1. The number of piperidine rings is 1. The van der Waals surface area contributed by atoms with Crippen molar-refractivity contribution < 1.29 is 9.53 Å². The zero-order valence-corrected chi connectivity index (χ0v) is 15.0. The van der Waals surface area contributed by atoms with Gasteiger partial charge in [-0.2, -0.15) is 0 Å². The number of rotatable bonds is 3. The first kappa shape index (κ1) is 17.6. The van der Waals surface area contributed by atoms with Gasteiger partial charge in [0.05, 0.1) is 0 Å². The molecule has 0 aromatic heterocycles. The van der Waals surface area contributed by atoms with Crippen LogP contribution >= 0.6 is 0 Å². The number of hydrogen-bond acceptors (Lipinski definition) is 3. The average Bonchev–Trinajstić information content (AvgIpc) is 2.84. The van der Waals surface area contributed by atoms with Crippen molar-refractivity contribution in [2.24, 2.45) is 5.92 Å². The van der Waals surface area contributed by atoms with Crippen LogP contribution in [0.25, 0.3) is 0 Å². The van der Waals surface area contributed by atoms with Crippen molar-refractivity contribution in [3.63, 3.8) is 0 Å². The number of likely N-dealkylation sites (tertiary alicyclic amines) is 1. The molecule has 2 fully saturated rings. The van der Waals surface area contributed by atoms with Crippen molar-refractivity contribution in [3.05, 3.63) is 0 Å². The van der Waals surface area contributed by atoms with Crippen LogP contribution in [-0.4, -0.2) is 41.3 Å². The summed E-state index contributed by atoms with van der Waals surface area (Å²) in [5, 5.41) is 3.72. The summed E-state index contributed by atoms with van der Waals surface area (Å²) in [6, 6.07) is 1.40. The summed E-state index contributed by atoms with van der Waals surface area (Å²) in [7, 11) is 0. The van der Waals surface area contributed by atoms with E-state index in [1.54, 1.807) is 0 Å². The van der Waals surface area contributed by atoms with E-state index in [2.05, 4.69) is 19.2 Å². The van der Waals surface area contributed by atoms with E-state index >= 15 is 0 Å². The molecule has 3 atom stereocenters. The van der Waals surface area contributed by atoms with E-state index in [1.165, 1.54) is 25.7 Å². The Kier molecular flexibility index (Phi) is 5.76. The van der Waals surface area contributed by atoms with Crippen molar-refractivity contribution in [1.29, 1.82) is 0 Å². The van der Waals surface area contributed by atoms with Crippen LogP contribution in [0.4, 0.5) is 4.79 Å². The van der Waals surface area contributed by atoms with E-state index in [0.29, 0.717) is 24.0 Å². The fourth-order valence-corrected chi connectivity index (χ4v) is 4.03. The van der Waals surface area contributed by atoms with Crippen molar-refractivity contribution in [1.82, 2.24) is 10.2 Å². The predicted molar refractivity (Wildman–Crippen MR) is 90.0 cm³/mol. The van der Waals surface area contributed by atoms with Crippen LogP contribution in [0, 0.1) is 5.92 Å². The predicted octanol–water partition coefficient (Wildman–Crippen LogP) is 3.94. The smallest absolute Gasteiger partial charge is 0.410 e. The van der Waals surface area contributed by atoms with Gasteiger partial charge in [0.2, 0.25) is 0 Å². The van der Waals surface area contributed by atoms with Gasteiger partial charge in [0.25, 0.3) is 0 Å². The Morgan fingerprint density at radius 3 is 2.50 bits per heavy atom. The van der Waals surface area contributed by atoms with E-state index in [-0.39, 0.29) is 6.09 Å². The Morgan fingerprint density at radius 2 is 1.86 bits per heavy atom. The van der Waals surface area contributed by atoms with Crippen LogP contribution in [0.3, 0.4) is 0 Å². The second-order valence-corrected chi connectivity index (χ2v) is 8.26. The molecular weight excluding hydrogens is 276 g/mol. The van der Waals surface area contributed by atoms with E-state index in [0.717, 1.165) is 19.4 Å². The molecule has 0 bridgehead atoms. The second kappa shape index (κ2) is 7.20. The number of carbonyl (C=O) groups is 1. The largest absolute Gasteiger partial charge is 0.444 e. The number of nitrogens with zero attached hydrogens (tertiary/aromatic N) is 1. The Labute approximate surface area is 136 Å². The summed E-state index contributed by atoms with van der Waals surface area (Å²) >= 11 is 0. The molecule has 1 saturated heterocycles. The SMILES string of the molecule is CC(C)NC1CCCC1C1CCCCN1C(=O)OC(C)(C)C. The first-order valence-corrected chi connectivity index (χ1v) is 9.03. The average molecular weight is 310 g/mol. The minimum absolute atomic E-state index is 0.118. The summed E-state index contributed by atoms with van der Waals surface area (Å²) in [6.45, 7) is 11.1. The maximum atomic E-state index is 12.6. The van der Waals surface area contributed by atoms with Gasteiger partial charge in [-0.1, -0.05) is 20.3 Å². The lowest BCUT2D eigenvalue weighted by atomic mass is 9.86. The molecule has 1 N–H and O–H groups in total. The first-order chi connectivity index (χ1) is 10.3. The van der Waals surface area contributed by atoms with Gasteiger partial charge >= 0.3 is 6.09 Å². The molecule has 22 heavy (non-hydrogen) atoms. The lowest BCUT2D eigenvalue weighted by Crippen LogP contribution is -2.53. The molecule has 1 amide bonds. The quantitative estimate of drug-likeness (QED) is 0.858. The molecular formula is C18H34N2O2. The van der Waals surface area contributed by atoms with E-state index < -0.39 is 5.60 Å². The van der Waals surface area contributed by atoms with Gasteiger partial charge in [-0.15, -0.1) is 0 Å². The van der Waals surface area contributed by atoms with Gasteiger partial charge in [0.15, 0.2) is 0 Å². The van der Waals surface area contributed by atoms with Crippen molar-refractivity contribution in [2.45, 2.75) is 96.9 Å². The third-order valence-electron chi connectivity index (χ3n) is 4.79. The molecule has 0 aromatic rings. The van der Waals surface area contributed by atoms with E-state index in [4.69, 9.17) is 4.74 Å². The van der Waals surface area contributed by atoms with Gasteiger partial charge in [0.1, 0.15) is 5.60 Å². The summed E-state index contributed by atoms with van der Waals surface area (Å²) in [4.78, 5) is 14.6. The van der Waals surface area contributed by atoms with Crippen molar-refractivity contribution in [2.75, 3.05) is 6.54 Å². The molecule has 0 spiro atoms. The second-order valence-electron chi connectivity index (χ2n) is 8.26. The number of nitrogens with one attached hydrogen (secondary N) is 1. The van der Waals surface area contributed by atoms with Gasteiger partial charge < -0.3 is 15.0 Å². The van der Waals surface area contributed by atoms with Gasteiger partial charge in [-0.3, -0.25) is 0 Å². The Hall–Kier alpha value is -0.770. The van der Waals surface area contributed by atoms with Crippen LogP contribution in [0.2, 0.25) is 0 Å².